The third kappa shape index (κ3) is 4.21. The molecule has 0 atom stereocenters. The molecular weight excluding hydrogens is 368 g/mol. The summed E-state index contributed by atoms with van der Waals surface area (Å²) in [5, 5.41) is 2.70. The molecule has 0 bridgehead atoms. The molecule has 0 unspecified atom stereocenters. The fraction of sp³-hybridized carbons (Fsp3) is 0.190. The molecule has 3 aromatic rings. The van der Waals surface area contributed by atoms with E-state index in [0.717, 1.165) is 5.82 Å². The number of pyridine rings is 1. The van der Waals surface area contributed by atoms with Crippen LogP contribution in [-0.2, 0) is 0 Å². The van der Waals surface area contributed by atoms with Crippen LogP contribution in [0.5, 0.6) is 0 Å². The summed E-state index contributed by atoms with van der Waals surface area (Å²) in [4.78, 5) is 42.0. The maximum Gasteiger partial charge on any atom is 0.276 e. The summed E-state index contributed by atoms with van der Waals surface area (Å²) in [5.74, 6) is 0.482. The number of hydrogen-bond acceptors (Lipinski definition) is 6. The summed E-state index contributed by atoms with van der Waals surface area (Å²) >= 11 is 0. The van der Waals surface area contributed by atoms with E-state index in [2.05, 4.69) is 25.2 Å². The van der Waals surface area contributed by atoms with Crippen LogP contribution in [0.15, 0.2) is 67.1 Å². The molecule has 1 N–H and O–H groups in total. The molecule has 29 heavy (non-hydrogen) atoms. The minimum absolute atomic E-state index is 0.142. The van der Waals surface area contributed by atoms with Gasteiger partial charge in [-0.2, -0.15) is 0 Å². The normalized spacial score (nSPS) is 13.8. The van der Waals surface area contributed by atoms with Crippen molar-refractivity contribution in [2.45, 2.75) is 0 Å². The Morgan fingerprint density at radius 2 is 1.52 bits per heavy atom. The molecule has 2 aromatic heterocycles. The number of anilines is 2. The lowest BCUT2D eigenvalue weighted by Gasteiger charge is -2.35. The van der Waals surface area contributed by atoms with Gasteiger partial charge in [0.05, 0.1) is 0 Å². The van der Waals surface area contributed by atoms with Crippen molar-refractivity contribution in [2.24, 2.45) is 0 Å². The Hall–Kier alpha value is -3.81. The van der Waals surface area contributed by atoms with Gasteiger partial charge in [-0.05, 0) is 24.3 Å². The van der Waals surface area contributed by atoms with Gasteiger partial charge in [-0.15, -0.1) is 0 Å². The van der Waals surface area contributed by atoms with Crippen LogP contribution in [0, 0.1) is 0 Å². The topological polar surface area (TPSA) is 91.3 Å². The molecule has 0 saturated carbocycles. The smallest absolute Gasteiger partial charge is 0.276 e. The van der Waals surface area contributed by atoms with Gasteiger partial charge < -0.3 is 15.1 Å². The molecule has 3 heterocycles. The number of nitrogens with one attached hydrogen (secondary N) is 1. The van der Waals surface area contributed by atoms with Crippen LogP contribution in [0.1, 0.15) is 20.8 Å². The van der Waals surface area contributed by atoms with Gasteiger partial charge in [0.1, 0.15) is 5.82 Å². The van der Waals surface area contributed by atoms with E-state index < -0.39 is 0 Å². The van der Waals surface area contributed by atoms with Crippen molar-refractivity contribution in [2.75, 3.05) is 36.4 Å². The van der Waals surface area contributed by atoms with Crippen molar-refractivity contribution >= 4 is 23.5 Å². The van der Waals surface area contributed by atoms with E-state index in [4.69, 9.17) is 0 Å². The zero-order chi connectivity index (χ0) is 20.1. The maximum atomic E-state index is 13.0. The lowest BCUT2D eigenvalue weighted by Crippen LogP contribution is -2.49. The number of benzene rings is 1. The number of carbonyl (C=O) groups excluding carboxylic acids is 2. The van der Waals surface area contributed by atoms with E-state index in [1.807, 2.05) is 24.3 Å². The molecule has 146 valence electrons. The fourth-order valence-corrected chi connectivity index (χ4v) is 3.18. The molecule has 0 spiro atoms. The van der Waals surface area contributed by atoms with Crippen LogP contribution in [-0.4, -0.2) is 57.8 Å². The Balaban J connectivity index is 1.45. The third-order valence-electron chi connectivity index (χ3n) is 4.71. The molecule has 0 aliphatic carbocycles. The van der Waals surface area contributed by atoms with Gasteiger partial charge in [0, 0.05) is 50.3 Å². The second-order valence-electron chi connectivity index (χ2n) is 6.54. The summed E-state index contributed by atoms with van der Waals surface area (Å²) in [6, 6.07) is 14.6. The molecular formula is C21H20N6O2. The van der Waals surface area contributed by atoms with Gasteiger partial charge in [-0.25, -0.2) is 15.0 Å². The van der Waals surface area contributed by atoms with Crippen LogP contribution < -0.4 is 10.2 Å². The van der Waals surface area contributed by atoms with E-state index in [0.29, 0.717) is 31.7 Å². The molecule has 2 amide bonds. The molecule has 8 heteroatoms. The number of nitrogens with zero attached hydrogens (tertiary/aromatic N) is 5. The number of amides is 2. The number of piperazine rings is 1. The van der Waals surface area contributed by atoms with Gasteiger partial charge in [0.15, 0.2) is 11.5 Å². The highest BCUT2D eigenvalue weighted by atomic mass is 16.2. The minimum Gasteiger partial charge on any atom is -0.353 e. The Kier molecular flexibility index (Phi) is 5.42. The Bertz CT molecular complexity index is 988. The van der Waals surface area contributed by atoms with Crippen LogP contribution in [0.2, 0.25) is 0 Å². The second-order valence-corrected chi connectivity index (χ2v) is 6.54. The zero-order valence-corrected chi connectivity index (χ0v) is 15.7. The number of rotatable bonds is 4. The third-order valence-corrected chi connectivity index (χ3v) is 4.71. The van der Waals surface area contributed by atoms with Gasteiger partial charge >= 0.3 is 0 Å². The molecule has 1 aliphatic rings. The van der Waals surface area contributed by atoms with Gasteiger partial charge in [-0.1, -0.05) is 24.3 Å². The highest BCUT2D eigenvalue weighted by molar-refractivity contribution is 6.07. The van der Waals surface area contributed by atoms with Crippen molar-refractivity contribution < 1.29 is 9.59 Å². The first-order valence-corrected chi connectivity index (χ1v) is 9.35. The predicted molar refractivity (Wildman–Crippen MR) is 109 cm³/mol. The second kappa shape index (κ2) is 8.47. The van der Waals surface area contributed by atoms with E-state index in [1.54, 1.807) is 35.4 Å². The van der Waals surface area contributed by atoms with Crippen molar-refractivity contribution in [3.05, 3.63) is 78.4 Å². The van der Waals surface area contributed by atoms with Crippen molar-refractivity contribution in [1.82, 2.24) is 19.9 Å². The van der Waals surface area contributed by atoms with Crippen molar-refractivity contribution in [3.63, 3.8) is 0 Å². The van der Waals surface area contributed by atoms with E-state index in [-0.39, 0.29) is 23.3 Å². The Labute approximate surface area is 168 Å². The lowest BCUT2D eigenvalue weighted by molar-refractivity contribution is 0.0741. The minimum atomic E-state index is -0.333. The van der Waals surface area contributed by atoms with Crippen molar-refractivity contribution in [1.29, 1.82) is 0 Å². The summed E-state index contributed by atoms with van der Waals surface area (Å²) in [7, 11) is 0. The predicted octanol–water partition coefficient (Wildman–Crippen LogP) is 2.09. The van der Waals surface area contributed by atoms with Gasteiger partial charge in [0.25, 0.3) is 11.8 Å². The summed E-state index contributed by atoms with van der Waals surface area (Å²) < 4.78 is 0. The Morgan fingerprint density at radius 3 is 2.24 bits per heavy atom. The molecule has 1 aliphatic heterocycles. The van der Waals surface area contributed by atoms with Crippen LogP contribution in [0.4, 0.5) is 11.6 Å². The summed E-state index contributed by atoms with van der Waals surface area (Å²) in [5.41, 5.74) is 0.628. The molecule has 4 rings (SSSR count). The highest BCUT2D eigenvalue weighted by Gasteiger charge is 2.26. The quantitative estimate of drug-likeness (QED) is 0.736. The van der Waals surface area contributed by atoms with Gasteiger partial charge in [0.2, 0.25) is 0 Å². The van der Waals surface area contributed by atoms with Crippen LogP contribution in [0.25, 0.3) is 0 Å². The number of carbonyl (C=O) groups is 2. The van der Waals surface area contributed by atoms with E-state index in [9.17, 15) is 9.59 Å². The summed E-state index contributed by atoms with van der Waals surface area (Å²) in [6.45, 7) is 2.43. The maximum absolute atomic E-state index is 13.0. The first kappa shape index (κ1) is 18.5. The molecule has 1 aromatic carbocycles. The lowest BCUT2D eigenvalue weighted by atomic mass is 10.2. The first-order chi connectivity index (χ1) is 14.2. The average Bonchev–Trinajstić information content (AvgIpc) is 2.80. The molecule has 1 saturated heterocycles. The average molecular weight is 388 g/mol. The van der Waals surface area contributed by atoms with Crippen LogP contribution >= 0.6 is 0 Å². The van der Waals surface area contributed by atoms with Crippen molar-refractivity contribution in [3.8, 4) is 0 Å². The highest BCUT2D eigenvalue weighted by Crippen LogP contribution is 2.17. The van der Waals surface area contributed by atoms with E-state index in [1.165, 1.54) is 12.4 Å². The first-order valence-electron chi connectivity index (χ1n) is 9.35. The fourth-order valence-electron chi connectivity index (χ4n) is 3.18. The Morgan fingerprint density at radius 1 is 0.793 bits per heavy atom. The number of aromatic nitrogens is 3. The molecule has 8 nitrogen and oxygen atoms in total. The van der Waals surface area contributed by atoms with Crippen LogP contribution in [0.3, 0.4) is 0 Å². The number of hydrogen-bond donors (Lipinski definition) is 1. The van der Waals surface area contributed by atoms with E-state index >= 15 is 0 Å². The SMILES string of the molecule is O=C(Nc1nccnc1C(=O)N1CCN(c2ccccn2)CC1)c1ccccc1. The zero-order valence-electron chi connectivity index (χ0n) is 15.7. The summed E-state index contributed by atoms with van der Waals surface area (Å²) in [6.07, 6.45) is 4.67. The van der Waals surface area contributed by atoms with Gasteiger partial charge in [-0.3, -0.25) is 9.59 Å². The monoisotopic (exact) mass is 388 g/mol. The molecule has 0 radical (unpaired) electrons. The largest absolute Gasteiger partial charge is 0.353 e. The standard InChI is InChI=1S/C21H20N6O2/c28-20(16-6-2-1-3-7-16)25-19-18(23-10-11-24-19)21(29)27-14-12-26(13-15-27)17-8-4-5-9-22-17/h1-11H,12-15H2,(H,24,25,28). The molecule has 1 fully saturated rings.